The molecular formula is C20H18N6. The Kier molecular flexibility index (Phi) is 4.38. The lowest BCUT2D eigenvalue weighted by molar-refractivity contribution is 1.05. The summed E-state index contributed by atoms with van der Waals surface area (Å²) in [4.78, 5) is 17.6. The number of anilines is 3. The van der Waals surface area contributed by atoms with Crippen LogP contribution in [0.25, 0.3) is 10.9 Å². The number of hydrogen-bond acceptors (Lipinski definition) is 6. The number of aromatic nitrogens is 4. The lowest BCUT2D eigenvalue weighted by Gasteiger charge is -2.11. The Morgan fingerprint density at radius 2 is 1.77 bits per heavy atom. The topological polar surface area (TPSA) is 75.6 Å². The third-order valence-corrected chi connectivity index (χ3v) is 3.96. The third kappa shape index (κ3) is 3.59. The van der Waals surface area contributed by atoms with Gasteiger partial charge < -0.3 is 10.6 Å². The number of aryl methyl sites for hydroxylation is 1. The molecule has 0 aliphatic carbocycles. The Morgan fingerprint density at radius 1 is 0.923 bits per heavy atom. The fourth-order valence-corrected chi connectivity index (χ4v) is 2.73. The van der Waals surface area contributed by atoms with Gasteiger partial charge in [-0.3, -0.25) is 9.97 Å². The summed E-state index contributed by atoms with van der Waals surface area (Å²) in [6, 6.07) is 15.8. The molecule has 0 saturated carbocycles. The summed E-state index contributed by atoms with van der Waals surface area (Å²) < 4.78 is 0. The summed E-state index contributed by atoms with van der Waals surface area (Å²) in [6.07, 6.45) is 5.35. The van der Waals surface area contributed by atoms with Gasteiger partial charge in [0.05, 0.1) is 11.2 Å². The van der Waals surface area contributed by atoms with E-state index in [1.807, 2.05) is 55.5 Å². The Hall–Kier alpha value is -3.54. The van der Waals surface area contributed by atoms with Crippen molar-refractivity contribution in [3.05, 3.63) is 78.4 Å². The number of rotatable bonds is 5. The molecular weight excluding hydrogens is 324 g/mol. The molecule has 0 spiro atoms. The zero-order valence-corrected chi connectivity index (χ0v) is 14.3. The monoisotopic (exact) mass is 342 g/mol. The third-order valence-electron chi connectivity index (χ3n) is 3.96. The van der Waals surface area contributed by atoms with Gasteiger partial charge in [-0.2, -0.15) is 4.98 Å². The van der Waals surface area contributed by atoms with Gasteiger partial charge in [-0.1, -0.05) is 18.2 Å². The minimum atomic E-state index is 0.542. The Morgan fingerprint density at radius 3 is 2.65 bits per heavy atom. The first-order valence-electron chi connectivity index (χ1n) is 8.37. The van der Waals surface area contributed by atoms with Crippen molar-refractivity contribution in [3.8, 4) is 0 Å². The molecule has 0 fully saturated rings. The SMILES string of the molecule is Cc1cc(NCc2ccncc2)nc(Nc2cccc3cccnc23)n1. The lowest BCUT2D eigenvalue weighted by atomic mass is 10.2. The van der Waals surface area contributed by atoms with E-state index < -0.39 is 0 Å². The number of nitrogens with zero attached hydrogens (tertiary/aromatic N) is 4. The highest BCUT2D eigenvalue weighted by atomic mass is 15.1. The molecule has 128 valence electrons. The van der Waals surface area contributed by atoms with Gasteiger partial charge in [0.15, 0.2) is 0 Å². The zero-order valence-electron chi connectivity index (χ0n) is 14.3. The quantitative estimate of drug-likeness (QED) is 0.569. The second-order valence-corrected chi connectivity index (χ2v) is 5.93. The molecule has 0 unspecified atom stereocenters. The van der Waals surface area contributed by atoms with Crippen LogP contribution in [0.4, 0.5) is 17.5 Å². The molecule has 0 radical (unpaired) electrons. The maximum atomic E-state index is 4.57. The summed E-state index contributed by atoms with van der Waals surface area (Å²) in [7, 11) is 0. The van der Waals surface area contributed by atoms with Gasteiger partial charge in [0.1, 0.15) is 5.82 Å². The van der Waals surface area contributed by atoms with Crippen LogP contribution >= 0.6 is 0 Å². The van der Waals surface area contributed by atoms with E-state index in [0.717, 1.165) is 33.7 Å². The zero-order chi connectivity index (χ0) is 17.8. The summed E-state index contributed by atoms with van der Waals surface area (Å²) in [5, 5.41) is 7.69. The fourth-order valence-electron chi connectivity index (χ4n) is 2.73. The van der Waals surface area contributed by atoms with E-state index in [0.29, 0.717) is 12.5 Å². The molecule has 0 aliphatic heterocycles. The van der Waals surface area contributed by atoms with E-state index in [9.17, 15) is 0 Å². The van der Waals surface area contributed by atoms with Crippen molar-refractivity contribution >= 4 is 28.4 Å². The van der Waals surface area contributed by atoms with Crippen molar-refractivity contribution in [2.24, 2.45) is 0 Å². The van der Waals surface area contributed by atoms with E-state index in [4.69, 9.17) is 0 Å². The molecule has 3 heterocycles. The van der Waals surface area contributed by atoms with Gasteiger partial charge in [0, 0.05) is 42.3 Å². The van der Waals surface area contributed by atoms with Crippen LogP contribution in [0.1, 0.15) is 11.3 Å². The molecule has 1 aromatic carbocycles. The van der Waals surface area contributed by atoms with Crippen molar-refractivity contribution < 1.29 is 0 Å². The minimum absolute atomic E-state index is 0.542. The van der Waals surface area contributed by atoms with E-state index in [1.165, 1.54) is 0 Å². The van der Waals surface area contributed by atoms with Crippen LogP contribution in [0.2, 0.25) is 0 Å². The van der Waals surface area contributed by atoms with Crippen molar-refractivity contribution in [1.29, 1.82) is 0 Å². The predicted octanol–water partition coefficient (Wildman–Crippen LogP) is 4.08. The highest BCUT2D eigenvalue weighted by molar-refractivity contribution is 5.91. The average molecular weight is 342 g/mol. The Bertz CT molecular complexity index is 1030. The Labute approximate surface area is 151 Å². The van der Waals surface area contributed by atoms with Gasteiger partial charge >= 0.3 is 0 Å². The van der Waals surface area contributed by atoms with Crippen molar-refractivity contribution in [2.45, 2.75) is 13.5 Å². The number of fused-ring (bicyclic) bond motifs is 1. The number of pyridine rings is 2. The standard InChI is InChI=1S/C20H18N6/c1-14-12-18(23-13-15-7-10-21-11-8-15)26-20(24-14)25-17-6-2-4-16-5-3-9-22-19(16)17/h2-12H,13H2,1H3,(H2,23,24,25,26). The minimum Gasteiger partial charge on any atom is -0.366 e. The van der Waals surface area contributed by atoms with Crippen LogP contribution in [0.5, 0.6) is 0 Å². The summed E-state index contributed by atoms with van der Waals surface area (Å²) in [5.74, 6) is 1.31. The van der Waals surface area contributed by atoms with Crippen LogP contribution in [0, 0.1) is 6.92 Å². The van der Waals surface area contributed by atoms with Crippen LogP contribution in [0.3, 0.4) is 0 Å². The van der Waals surface area contributed by atoms with Crippen LogP contribution in [0.15, 0.2) is 67.1 Å². The van der Waals surface area contributed by atoms with Crippen LogP contribution in [-0.2, 0) is 6.54 Å². The van der Waals surface area contributed by atoms with Crippen molar-refractivity contribution in [1.82, 2.24) is 19.9 Å². The molecule has 0 aliphatic rings. The van der Waals surface area contributed by atoms with E-state index in [1.54, 1.807) is 18.6 Å². The highest BCUT2D eigenvalue weighted by Crippen LogP contribution is 2.23. The second-order valence-electron chi connectivity index (χ2n) is 5.93. The molecule has 6 nitrogen and oxygen atoms in total. The highest BCUT2D eigenvalue weighted by Gasteiger charge is 2.06. The predicted molar refractivity (Wildman–Crippen MR) is 103 cm³/mol. The van der Waals surface area contributed by atoms with Crippen LogP contribution < -0.4 is 10.6 Å². The number of benzene rings is 1. The summed E-state index contributed by atoms with van der Waals surface area (Å²) in [5.41, 5.74) is 3.80. The molecule has 4 aromatic rings. The first kappa shape index (κ1) is 16.0. The molecule has 3 aromatic heterocycles. The number of nitrogens with one attached hydrogen (secondary N) is 2. The molecule has 4 rings (SSSR count). The molecule has 2 N–H and O–H groups in total. The summed E-state index contributed by atoms with van der Waals surface area (Å²) in [6.45, 7) is 2.63. The second kappa shape index (κ2) is 7.14. The number of hydrogen-bond donors (Lipinski definition) is 2. The molecule has 0 atom stereocenters. The molecule has 0 bridgehead atoms. The van der Waals surface area contributed by atoms with Crippen molar-refractivity contribution in [3.63, 3.8) is 0 Å². The van der Waals surface area contributed by atoms with Gasteiger partial charge in [0.2, 0.25) is 5.95 Å². The molecule has 6 heteroatoms. The van der Waals surface area contributed by atoms with Crippen LogP contribution in [-0.4, -0.2) is 19.9 Å². The first-order chi connectivity index (χ1) is 12.8. The van der Waals surface area contributed by atoms with E-state index in [2.05, 4.69) is 30.6 Å². The van der Waals surface area contributed by atoms with Gasteiger partial charge in [0.25, 0.3) is 0 Å². The van der Waals surface area contributed by atoms with Crippen molar-refractivity contribution in [2.75, 3.05) is 10.6 Å². The lowest BCUT2D eigenvalue weighted by Crippen LogP contribution is -2.06. The summed E-state index contributed by atoms with van der Waals surface area (Å²) >= 11 is 0. The van der Waals surface area contributed by atoms with E-state index >= 15 is 0 Å². The fraction of sp³-hybridized carbons (Fsp3) is 0.100. The average Bonchev–Trinajstić information content (AvgIpc) is 2.67. The largest absolute Gasteiger partial charge is 0.366 e. The maximum absolute atomic E-state index is 4.57. The molecule has 0 saturated heterocycles. The van der Waals surface area contributed by atoms with Gasteiger partial charge in [-0.05, 0) is 36.8 Å². The Balaban J connectivity index is 1.58. The first-order valence-corrected chi connectivity index (χ1v) is 8.37. The normalized spacial score (nSPS) is 10.7. The molecule has 0 amide bonds. The van der Waals surface area contributed by atoms with E-state index in [-0.39, 0.29) is 0 Å². The maximum Gasteiger partial charge on any atom is 0.229 e. The smallest absolute Gasteiger partial charge is 0.229 e. The van der Waals surface area contributed by atoms with Gasteiger partial charge in [-0.15, -0.1) is 0 Å². The molecule has 26 heavy (non-hydrogen) atoms. The van der Waals surface area contributed by atoms with Gasteiger partial charge in [-0.25, -0.2) is 4.98 Å². The number of para-hydroxylation sites is 1.